The Labute approximate surface area is 178 Å². The fraction of sp³-hybridized carbons (Fsp3) is 0.273. The van der Waals surface area contributed by atoms with Crippen molar-refractivity contribution in [1.29, 1.82) is 0 Å². The third-order valence-corrected chi connectivity index (χ3v) is 5.88. The number of carbonyl (C=O) groups is 2. The lowest BCUT2D eigenvalue weighted by Crippen LogP contribution is -2.51. The van der Waals surface area contributed by atoms with E-state index in [2.05, 4.69) is 10.1 Å². The third kappa shape index (κ3) is 3.45. The van der Waals surface area contributed by atoms with Crippen molar-refractivity contribution < 1.29 is 14.1 Å². The Hall–Kier alpha value is -3.19. The first kappa shape index (κ1) is 18.8. The molecule has 0 radical (unpaired) electrons. The first-order valence-electron chi connectivity index (χ1n) is 9.82. The standard InChI is InChI=1S/C22H19ClN4O3/c23-17-6-8-18(9-7-17)27-13-15(10-19(27)28)22(29)26-11-16(12-26)21-24-20(25-30-21)14-4-2-1-3-5-14/h1-9,15-16H,10-13H2. The molecule has 1 aromatic heterocycles. The van der Waals surface area contributed by atoms with Crippen LogP contribution in [-0.2, 0) is 9.59 Å². The van der Waals surface area contributed by atoms with Gasteiger partial charge in [0.05, 0.1) is 11.8 Å². The van der Waals surface area contributed by atoms with Gasteiger partial charge in [0.1, 0.15) is 0 Å². The van der Waals surface area contributed by atoms with Crippen molar-refractivity contribution in [2.45, 2.75) is 12.3 Å². The van der Waals surface area contributed by atoms with Crippen LogP contribution in [0, 0.1) is 5.92 Å². The summed E-state index contributed by atoms with van der Waals surface area (Å²) in [6.07, 6.45) is 0.224. The van der Waals surface area contributed by atoms with E-state index in [4.69, 9.17) is 16.1 Å². The molecule has 0 spiro atoms. The lowest BCUT2D eigenvalue weighted by atomic mass is 9.96. The Kier molecular flexibility index (Phi) is 4.75. The zero-order valence-electron chi connectivity index (χ0n) is 16.1. The number of halogens is 1. The van der Waals surface area contributed by atoms with Gasteiger partial charge in [-0.05, 0) is 24.3 Å². The maximum atomic E-state index is 12.9. The molecule has 5 rings (SSSR count). The number of nitrogens with zero attached hydrogens (tertiary/aromatic N) is 4. The Bertz CT molecular complexity index is 1080. The van der Waals surface area contributed by atoms with Gasteiger partial charge in [0.15, 0.2) is 0 Å². The van der Waals surface area contributed by atoms with Gasteiger partial charge in [-0.1, -0.05) is 47.1 Å². The Morgan fingerprint density at radius 2 is 1.77 bits per heavy atom. The minimum Gasteiger partial charge on any atom is -0.341 e. The van der Waals surface area contributed by atoms with Crippen molar-refractivity contribution in [2.24, 2.45) is 5.92 Å². The van der Waals surface area contributed by atoms with E-state index in [9.17, 15) is 9.59 Å². The van der Waals surface area contributed by atoms with Crippen molar-refractivity contribution in [1.82, 2.24) is 15.0 Å². The molecule has 3 aromatic rings. The van der Waals surface area contributed by atoms with Gasteiger partial charge in [0.25, 0.3) is 0 Å². The van der Waals surface area contributed by atoms with Crippen LogP contribution in [0.25, 0.3) is 11.4 Å². The molecule has 2 fully saturated rings. The van der Waals surface area contributed by atoms with Crippen LogP contribution in [0.4, 0.5) is 5.69 Å². The van der Waals surface area contributed by atoms with Crippen molar-refractivity contribution >= 4 is 29.1 Å². The predicted octanol–water partition coefficient (Wildman–Crippen LogP) is 3.37. The topological polar surface area (TPSA) is 79.5 Å². The number of hydrogen-bond donors (Lipinski definition) is 0. The van der Waals surface area contributed by atoms with Gasteiger partial charge in [-0.15, -0.1) is 0 Å². The second-order valence-electron chi connectivity index (χ2n) is 7.64. The second kappa shape index (κ2) is 7.57. The maximum Gasteiger partial charge on any atom is 0.233 e. The average molecular weight is 423 g/mol. The molecular weight excluding hydrogens is 404 g/mol. The molecular formula is C22H19ClN4O3. The summed E-state index contributed by atoms with van der Waals surface area (Å²) < 4.78 is 5.41. The summed E-state index contributed by atoms with van der Waals surface area (Å²) in [6, 6.07) is 16.7. The average Bonchev–Trinajstić information content (AvgIpc) is 3.35. The quantitative estimate of drug-likeness (QED) is 0.644. The van der Waals surface area contributed by atoms with Crippen LogP contribution in [-0.4, -0.2) is 46.5 Å². The van der Waals surface area contributed by atoms with Crippen LogP contribution >= 0.6 is 11.6 Å². The van der Waals surface area contributed by atoms with E-state index in [-0.39, 0.29) is 30.1 Å². The van der Waals surface area contributed by atoms with Crippen LogP contribution in [0.5, 0.6) is 0 Å². The summed E-state index contributed by atoms with van der Waals surface area (Å²) in [4.78, 5) is 33.2. The van der Waals surface area contributed by atoms with E-state index >= 15 is 0 Å². The van der Waals surface area contributed by atoms with Gasteiger partial charge >= 0.3 is 0 Å². The van der Waals surface area contributed by atoms with E-state index in [0.29, 0.717) is 36.4 Å². The van der Waals surface area contributed by atoms with E-state index in [0.717, 1.165) is 11.3 Å². The molecule has 1 atom stereocenters. The second-order valence-corrected chi connectivity index (χ2v) is 8.08. The Morgan fingerprint density at radius 3 is 2.50 bits per heavy atom. The number of anilines is 1. The fourth-order valence-electron chi connectivity index (χ4n) is 3.92. The van der Waals surface area contributed by atoms with Gasteiger partial charge in [-0.2, -0.15) is 4.98 Å². The number of rotatable bonds is 4. The molecule has 2 amide bonds. The molecule has 7 nitrogen and oxygen atoms in total. The van der Waals surface area contributed by atoms with Gasteiger partial charge in [-0.25, -0.2) is 0 Å². The van der Waals surface area contributed by atoms with Gasteiger partial charge in [-0.3, -0.25) is 9.59 Å². The lowest BCUT2D eigenvalue weighted by Gasteiger charge is -2.38. The zero-order valence-corrected chi connectivity index (χ0v) is 16.8. The molecule has 8 heteroatoms. The molecule has 0 aliphatic carbocycles. The van der Waals surface area contributed by atoms with Crippen LogP contribution in [0.15, 0.2) is 59.1 Å². The minimum absolute atomic E-state index is 0.00105. The highest BCUT2D eigenvalue weighted by atomic mass is 35.5. The normalized spacial score (nSPS) is 19.2. The molecule has 0 bridgehead atoms. The summed E-state index contributed by atoms with van der Waals surface area (Å²) in [7, 11) is 0. The largest absolute Gasteiger partial charge is 0.341 e. The van der Waals surface area contributed by atoms with Gasteiger partial charge in [0.2, 0.25) is 23.5 Å². The molecule has 3 heterocycles. The summed E-state index contributed by atoms with van der Waals surface area (Å²) in [5, 5.41) is 4.66. The van der Waals surface area contributed by atoms with Crippen molar-refractivity contribution in [3.8, 4) is 11.4 Å². The minimum atomic E-state index is -0.336. The van der Waals surface area contributed by atoms with Crippen LogP contribution < -0.4 is 4.90 Å². The predicted molar refractivity (Wildman–Crippen MR) is 111 cm³/mol. The number of hydrogen-bond acceptors (Lipinski definition) is 5. The maximum absolute atomic E-state index is 12.9. The molecule has 2 saturated heterocycles. The van der Waals surface area contributed by atoms with E-state index in [1.807, 2.05) is 30.3 Å². The summed E-state index contributed by atoms with van der Waals surface area (Å²) in [6.45, 7) is 1.45. The summed E-state index contributed by atoms with van der Waals surface area (Å²) >= 11 is 5.92. The number of carbonyl (C=O) groups excluding carboxylic acids is 2. The molecule has 30 heavy (non-hydrogen) atoms. The highest BCUT2D eigenvalue weighted by molar-refractivity contribution is 6.30. The van der Waals surface area contributed by atoms with Gasteiger partial charge < -0.3 is 14.3 Å². The molecule has 1 unspecified atom stereocenters. The molecule has 0 N–H and O–H groups in total. The first-order valence-corrected chi connectivity index (χ1v) is 10.2. The fourth-order valence-corrected chi connectivity index (χ4v) is 4.05. The van der Waals surface area contributed by atoms with Gasteiger partial charge in [0, 0.05) is 42.3 Å². The molecule has 152 valence electrons. The van der Waals surface area contributed by atoms with E-state index in [1.165, 1.54) is 0 Å². The van der Waals surface area contributed by atoms with E-state index < -0.39 is 0 Å². The van der Waals surface area contributed by atoms with Crippen molar-refractivity contribution in [3.63, 3.8) is 0 Å². The Balaban J connectivity index is 1.20. The van der Waals surface area contributed by atoms with Crippen LogP contribution in [0.1, 0.15) is 18.2 Å². The van der Waals surface area contributed by atoms with Crippen molar-refractivity contribution in [3.05, 3.63) is 65.5 Å². The Morgan fingerprint density at radius 1 is 1.03 bits per heavy atom. The van der Waals surface area contributed by atoms with Crippen LogP contribution in [0.2, 0.25) is 5.02 Å². The SMILES string of the molecule is O=C(C1CC(=O)N(c2ccc(Cl)cc2)C1)N1CC(c2nc(-c3ccccc3)no2)C1. The third-order valence-electron chi connectivity index (χ3n) is 5.63. The number of benzene rings is 2. The van der Waals surface area contributed by atoms with E-state index in [1.54, 1.807) is 34.1 Å². The molecule has 2 aliphatic heterocycles. The molecule has 0 saturated carbocycles. The summed E-state index contributed by atoms with van der Waals surface area (Å²) in [5.74, 6) is 0.745. The van der Waals surface area contributed by atoms with Crippen LogP contribution in [0.3, 0.4) is 0 Å². The smallest absolute Gasteiger partial charge is 0.233 e. The molecule has 2 aromatic carbocycles. The first-order chi connectivity index (χ1) is 14.6. The number of likely N-dealkylation sites (tertiary alicyclic amines) is 1. The number of amides is 2. The molecule has 2 aliphatic rings. The van der Waals surface area contributed by atoms with Crippen molar-refractivity contribution in [2.75, 3.05) is 24.5 Å². The number of aromatic nitrogens is 2. The zero-order chi connectivity index (χ0) is 20.7. The highest BCUT2D eigenvalue weighted by Crippen LogP contribution is 2.32. The highest BCUT2D eigenvalue weighted by Gasteiger charge is 2.42. The lowest BCUT2D eigenvalue weighted by molar-refractivity contribution is -0.140. The summed E-state index contributed by atoms with van der Waals surface area (Å²) in [5.41, 5.74) is 1.66. The monoisotopic (exact) mass is 422 g/mol.